The molecule has 0 bridgehead atoms. The van der Waals surface area contributed by atoms with Crippen LogP contribution in [0, 0.1) is 6.92 Å². The third-order valence-corrected chi connectivity index (χ3v) is 6.00. The van der Waals surface area contributed by atoms with E-state index in [9.17, 15) is 0 Å². The highest BCUT2D eigenvalue weighted by atomic mass is 28.4. The number of rotatable bonds is 12. The molecule has 1 radical (unpaired) electrons. The lowest BCUT2D eigenvalue weighted by molar-refractivity contribution is 0.122. The normalized spacial score (nSPS) is 12.0. The molecule has 0 fully saturated rings. The Morgan fingerprint density at radius 2 is 1.12 bits per heavy atom. The third-order valence-electron chi connectivity index (χ3n) is 3.17. The predicted octanol–water partition coefficient (Wildman–Crippen LogP) is 3.82. The van der Waals surface area contributed by atoms with Crippen molar-refractivity contribution in [2.24, 2.45) is 0 Å². The fourth-order valence-corrected chi connectivity index (χ4v) is 3.75. The molecule has 0 aromatic carbocycles. The van der Waals surface area contributed by atoms with Crippen molar-refractivity contribution in [3.05, 3.63) is 6.92 Å². The fourth-order valence-electron chi connectivity index (χ4n) is 1.96. The van der Waals surface area contributed by atoms with Gasteiger partial charge in [0.15, 0.2) is 0 Å². The maximum atomic E-state index is 5.38. The lowest BCUT2D eigenvalue weighted by atomic mass is 10.1. The molecule has 17 heavy (non-hydrogen) atoms. The number of unbranched alkanes of at least 4 members (excludes halogenated alkanes) is 7. The molecule has 0 aromatic heterocycles. The SMILES string of the molecule is [CH2]CCCCCCCCC[Si](OC)(OC)OC. The summed E-state index contributed by atoms with van der Waals surface area (Å²) in [6.07, 6.45) is 10.0. The zero-order chi connectivity index (χ0) is 13.0. The van der Waals surface area contributed by atoms with Crippen molar-refractivity contribution >= 4 is 8.80 Å². The molecule has 0 aliphatic rings. The van der Waals surface area contributed by atoms with E-state index in [4.69, 9.17) is 13.3 Å². The summed E-state index contributed by atoms with van der Waals surface area (Å²) >= 11 is 0. The van der Waals surface area contributed by atoms with Gasteiger partial charge in [-0.15, -0.1) is 0 Å². The lowest BCUT2D eigenvalue weighted by Gasteiger charge is -2.24. The average molecular weight is 261 g/mol. The Morgan fingerprint density at radius 3 is 1.53 bits per heavy atom. The molecule has 0 rings (SSSR count). The molecule has 0 spiro atoms. The van der Waals surface area contributed by atoms with E-state index >= 15 is 0 Å². The maximum Gasteiger partial charge on any atom is 0.500 e. The van der Waals surface area contributed by atoms with Crippen molar-refractivity contribution in [3.63, 3.8) is 0 Å². The van der Waals surface area contributed by atoms with Crippen LogP contribution in [0.4, 0.5) is 0 Å². The second kappa shape index (κ2) is 11.2. The van der Waals surface area contributed by atoms with Crippen molar-refractivity contribution in [1.29, 1.82) is 0 Å². The first-order valence-corrected chi connectivity index (χ1v) is 8.62. The molecule has 0 unspecified atom stereocenters. The quantitative estimate of drug-likeness (QED) is 0.395. The maximum absolute atomic E-state index is 5.38. The molecule has 0 saturated carbocycles. The van der Waals surface area contributed by atoms with Crippen molar-refractivity contribution in [2.75, 3.05) is 21.3 Å². The van der Waals surface area contributed by atoms with Gasteiger partial charge >= 0.3 is 8.80 Å². The minimum Gasteiger partial charge on any atom is -0.377 e. The molecule has 0 aliphatic heterocycles. The highest BCUT2D eigenvalue weighted by Crippen LogP contribution is 2.18. The predicted molar refractivity (Wildman–Crippen MR) is 73.9 cm³/mol. The van der Waals surface area contributed by atoms with Crippen molar-refractivity contribution in [3.8, 4) is 0 Å². The van der Waals surface area contributed by atoms with Crippen LogP contribution >= 0.6 is 0 Å². The summed E-state index contributed by atoms with van der Waals surface area (Å²) in [5, 5.41) is 0. The average Bonchev–Trinajstić information content (AvgIpc) is 2.38. The fraction of sp³-hybridized carbons (Fsp3) is 0.923. The van der Waals surface area contributed by atoms with Crippen LogP contribution in [0.1, 0.15) is 51.4 Å². The molecule has 0 amide bonds. The monoisotopic (exact) mass is 261 g/mol. The van der Waals surface area contributed by atoms with Gasteiger partial charge in [0.2, 0.25) is 0 Å². The van der Waals surface area contributed by atoms with E-state index < -0.39 is 8.80 Å². The van der Waals surface area contributed by atoms with Crippen LogP contribution < -0.4 is 0 Å². The van der Waals surface area contributed by atoms with E-state index in [1.807, 2.05) is 0 Å². The zero-order valence-electron chi connectivity index (χ0n) is 11.8. The van der Waals surface area contributed by atoms with E-state index in [0.717, 1.165) is 18.9 Å². The van der Waals surface area contributed by atoms with E-state index in [0.29, 0.717) is 0 Å². The molecule has 0 N–H and O–H groups in total. The highest BCUT2D eigenvalue weighted by molar-refractivity contribution is 6.60. The minimum absolute atomic E-state index is 0.926. The second-order valence-corrected chi connectivity index (χ2v) is 7.46. The van der Waals surface area contributed by atoms with Gasteiger partial charge in [0.25, 0.3) is 0 Å². The Labute approximate surface area is 108 Å². The van der Waals surface area contributed by atoms with Crippen LogP contribution in [0.3, 0.4) is 0 Å². The Balaban J connectivity index is 3.43. The van der Waals surface area contributed by atoms with Gasteiger partial charge in [-0.25, -0.2) is 0 Å². The smallest absolute Gasteiger partial charge is 0.377 e. The molecule has 3 nitrogen and oxygen atoms in total. The second-order valence-electron chi connectivity index (χ2n) is 4.37. The molecule has 4 heteroatoms. The largest absolute Gasteiger partial charge is 0.500 e. The summed E-state index contributed by atoms with van der Waals surface area (Å²) in [7, 11) is 2.73. The first-order valence-electron chi connectivity index (χ1n) is 6.69. The van der Waals surface area contributed by atoms with E-state index in [-0.39, 0.29) is 0 Å². The van der Waals surface area contributed by atoms with Gasteiger partial charge < -0.3 is 13.3 Å². The Bertz CT molecular complexity index is 152. The lowest BCUT2D eigenvalue weighted by Crippen LogP contribution is -2.42. The number of hydrogen-bond donors (Lipinski definition) is 0. The Morgan fingerprint density at radius 1 is 0.706 bits per heavy atom. The molecule has 0 atom stereocenters. The molecule has 0 saturated heterocycles. The Kier molecular flexibility index (Phi) is 11.3. The van der Waals surface area contributed by atoms with Crippen LogP contribution in [0.25, 0.3) is 0 Å². The van der Waals surface area contributed by atoms with Crippen molar-refractivity contribution < 1.29 is 13.3 Å². The van der Waals surface area contributed by atoms with Crippen LogP contribution in [-0.4, -0.2) is 30.1 Å². The first kappa shape index (κ1) is 17.1. The summed E-state index contributed by atoms with van der Waals surface area (Å²) in [4.78, 5) is 0. The van der Waals surface area contributed by atoms with Gasteiger partial charge in [-0.2, -0.15) is 0 Å². The standard InChI is InChI=1S/C13H29O3Si/c1-5-6-7-8-9-10-11-12-13-17(14-2,15-3)16-4/h1,5-13H2,2-4H3. The molecular weight excluding hydrogens is 232 g/mol. The number of hydrogen-bond acceptors (Lipinski definition) is 3. The van der Waals surface area contributed by atoms with Gasteiger partial charge in [-0.3, -0.25) is 0 Å². The van der Waals surface area contributed by atoms with Gasteiger partial charge in [-0.05, 0) is 6.42 Å². The van der Waals surface area contributed by atoms with Gasteiger partial charge in [0.05, 0.1) is 0 Å². The third kappa shape index (κ3) is 7.92. The van der Waals surface area contributed by atoms with Crippen molar-refractivity contribution in [2.45, 2.75) is 57.4 Å². The van der Waals surface area contributed by atoms with Gasteiger partial charge in [0.1, 0.15) is 0 Å². The first-order chi connectivity index (χ1) is 8.24. The van der Waals surface area contributed by atoms with Gasteiger partial charge in [-0.1, -0.05) is 51.9 Å². The van der Waals surface area contributed by atoms with Crippen LogP contribution in [0.15, 0.2) is 0 Å². The van der Waals surface area contributed by atoms with E-state index in [1.54, 1.807) is 21.3 Å². The van der Waals surface area contributed by atoms with Gasteiger partial charge in [0, 0.05) is 27.4 Å². The van der Waals surface area contributed by atoms with Crippen LogP contribution in [0.2, 0.25) is 6.04 Å². The Hall–Kier alpha value is 0.0969. The molecular formula is C13H29O3Si. The molecule has 0 aliphatic carbocycles. The van der Waals surface area contributed by atoms with Crippen LogP contribution in [-0.2, 0) is 13.3 Å². The summed E-state index contributed by atoms with van der Waals surface area (Å²) < 4.78 is 16.2. The highest BCUT2D eigenvalue weighted by Gasteiger charge is 2.36. The summed E-state index contributed by atoms with van der Waals surface area (Å²) in [6.45, 7) is 3.85. The molecule has 0 aromatic rings. The topological polar surface area (TPSA) is 27.7 Å². The van der Waals surface area contributed by atoms with E-state index in [2.05, 4.69) is 6.92 Å². The zero-order valence-corrected chi connectivity index (χ0v) is 12.8. The summed E-state index contributed by atoms with van der Waals surface area (Å²) in [5.74, 6) is 0. The summed E-state index contributed by atoms with van der Waals surface area (Å²) in [5.41, 5.74) is 0. The van der Waals surface area contributed by atoms with Crippen LogP contribution in [0.5, 0.6) is 0 Å². The van der Waals surface area contributed by atoms with E-state index in [1.165, 1.54) is 38.5 Å². The summed E-state index contributed by atoms with van der Waals surface area (Å²) in [6, 6.07) is 0.926. The molecule has 0 heterocycles. The minimum atomic E-state index is -2.31. The molecule has 103 valence electrons. The van der Waals surface area contributed by atoms with Crippen molar-refractivity contribution in [1.82, 2.24) is 0 Å².